The van der Waals surface area contributed by atoms with Crippen molar-refractivity contribution in [3.05, 3.63) is 57.2 Å². The Kier molecular flexibility index (Phi) is 5.69. The van der Waals surface area contributed by atoms with Crippen LogP contribution in [0.25, 0.3) is 0 Å². The molecule has 0 unspecified atom stereocenters. The number of likely N-dealkylation sites (tertiary alicyclic amines) is 1. The van der Waals surface area contributed by atoms with Crippen LogP contribution in [-0.4, -0.2) is 29.7 Å². The zero-order valence-corrected chi connectivity index (χ0v) is 15.0. The summed E-state index contributed by atoms with van der Waals surface area (Å²) in [5.41, 5.74) is 0.710. The Balaban J connectivity index is 1.49. The fraction of sp³-hybridized carbons (Fsp3) is 0.368. The predicted molar refractivity (Wildman–Crippen MR) is 97.7 cm³/mol. The second-order valence-electron chi connectivity index (χ2n) is 6.11. The van der Waals surface area contributed by atoms with Crippen molar-refractivity contribution in [3.8, 4) is 0 Å². The van der Waals surface area contributed by atoms with Crippen LogP contribution in [0, 0.1) is 5.92 Å². The molecular weight excluding hydrogens is 342 g/mol. The highest BCUT2D eigenvalue weighted by Crippen LogP contribution is 2.23. The summed E-state index contributed by atoms with van der Waals surface area (Å²) < 4.78 is 0. The Morgan fingerprint density at radius 2 is 1.83 bits per heavy atom. The van der Waals surface area contributed by atoms with Crippen molar-refractivity contribution < 1.29 is 9.59 Å². The van der Waals surface area contributed by atoms with Gasteiger partial charge in [-0.1, -0.05) is 17.7 Å². The van der Waals surface area contributed by atoms with Gasteiger partial charge in [-0.15, -0.1) is 11.3 Å². The zero-order valence-electron chi connectivity index (χ0n) is 13.4. The fourth-order valence-corrected chi connectivity index (χ4v) is 3.92. The molecule has 0 saturated carbocycles. The molecule has 126 valence electrons. The third kappa shape index (κ3) is 4.25. The Bertz CT molecular complexity index is 689. The summed E-state index contributed by atoms with van der Waals surface area (Å²) in [6, 6.07) is 11.1. The first-order valence-corrected chi connectivity index (χ1v) is 9.49. The van der Waals surface area contributed by atoms with Crippen molar-refractivity contribution in [2.75, 3.05) is 13.1 Å². The van der Waals surface area contributed by atoms with Crippen molar-refractivity contribution in [1.82, 2.24) is 4.90 Å². The van der Waals surface area contributed by atoms with Gasteiger partial charge in [-0.3, -0.25) is 9.59 Å². The summed E-state index contributed by atoms with van der Waals surface area (Å²) in [4.78, 5) is 28.0. The topological polar surface area (TPSA) is 37.4 Å². The van der Waals surface area contributed by atoms with E-state index >= 15 is 0 Å². The molecule has 0 spiro atoms. The molecule has 24 heavy (non-hydrogen) atoms. The zero-order chi connectivity index (χ0) is 16.9. The van der Waals surface area contributed by atoms with E-state index in [1.807, 2.05) is 16.3 Å². The Labute approximate surface area is 151 Å². The minimum atomic E-state index is 0.00696. The summed E-state index contributed by atoms with van der Waals surface area (Å²) >= 11 is 7.56. The molecule has 2 heterocycles. The van der Waals surface area contributed by atoms with Gasteiger partial charge >= 0.3 is 0 Å². The monoisotopic (exact) mass is 361 g/mol. The number of rotatable bonds is 5. The number of thiophene rings is 1. The van der Waals surface area contributed by atoms with Gasteiger partial charge in [0.2, 0.25) is 5.91 Å². The molecule has 1 saturated heterocycles. The minimum absolute atomic E-state index is 0.00696. The average molecular weight is 362 g/mol. The van der Waals surface area contributed by atoms with E-state index in [-0.39, 0.29) is 17.6 Å². The van der Waals surface area contributed by atoms with Gasteiger partial charge in [0.1, 0.15) is 0 Å². The van der Waals surface area contributed by atoms with Crippen molar-refractivity contribution in [3.63, 3.8) is 0 Å². The van der Waals surface area contributed by atoms with Gasteiger partial charge in [-0.25, -0.2) is 0 Å². The molecule has 5 heteroatoms. The highest BCUT2D eigenvalue weighted by atomic mass is 35.5. The molecular formula is C19H20ClNO2S. The lowest BCUT2D eigenvalue weighted by Crippen LogP contribution is -2.40. The van der Waals surface area contributed by atoms with Gasteiger partial charge in [0.15, 0.2) is 5.78 Å². The molecule has 0 atom stereocenters. The van der Waals surface area contributed by atoms with Crippen LogP contribution in [0.2, 0.25) is 5.02 Å². The van der Waals surface area contributed by atoms with Crippen LogP contribution in [0.3, 0.4) is 0 Å². The van der Waals surface area contributed by atoms with Crippen LogP contribution in [0.15, 0.2) is 41.8 Å². The number of piperidine rings is 1. The SMILES string of the molecule is O=C(c1ccc(Cl)cc1)C1CCN(C(=O)CCc2cccs2)CC1. The molecule has 0 N–H and O–H groups in total. The smallest absolute Gasteiger partial charge is 0.222 e. The lowest BCUT2D eigenvalue weighted by Gasteiger charge is -2.31. The number of benzene rings is 1. The summed E-state index contributed by atoms with van der Waals surface area (Å²) in [6.07, 6.45) is 2.84. The van der Waals surface area contributed by atoms with Gasteiger partial charge in [0.25, 0.3) is 0 Å². The molecule has 1 aromatic carbocycles. The molecule has 0 bridgehead atoms. The third-order valence-electron chi connectivity index (χ3n) is 4.51. The highest BCUT2D eigenvalue weighted by Gasteiger charge is 2.27. The average Bonchev–Trinajstić information content (AvgIpc) is 3.13. The summed E-state index contributed by atoms with van der Waals surface area (Å²) in [5.74, 6) is 0.366. The molecule has 3 nitrogen and oxygen atoms in total. The number of Topliss-reactive ketones (excluding diaryl/α,β-unsaturated/α-hetero) is 1. The Morgan fingerprint density at radius 1 is 1.12 bits per heavy atom. The number of carbonyl (C=O) groups excluding carboxylic acids is 2. The van der Waals surface area contributed by atoms with Crippen molar-refractivity contribution >= 4 is 34.6 Å². The molecule has 1 aliphatic heterocycles. The van der Waals surface area contributed by atoms with E-state index in [0.717, 1.165) is 19.3 Å². The maximum absolute atomic E-state index is 12.5. The van der Waals surface area contributed by atoms with Gasteiger partial charge < -0.3 is 4.90 Å². The number of halogens is 1. The normalized spacial score (nSPS) is 15.5. The van der Waals surface area contributed by atoms with Gasteiger partial charge in [0.05, 0.1) is 0 Å². The predicted octanol–water partition coefficient (Wildman–Crippen LogP) is 4.46. The lowest BCUT2D eigenvalue weighted by molar-refractivity contribution is -0.132. The number of ketones is 1. The number of hydrogen-bond acceptors (Lipinski definition) is 3. The quantitative estimate of drug-likeness (QED) is 0.737. The van der Waals surface area contributed by atoms with E-state index in [2.05, 4.69) is 6.07 Å². The summed E-state index contributed by atoms with van der Waals surface area (Å²) in [5, 5.41) is 2.67. The molecule has 1 aromatic heterocycles. The van der Waals surface area contributed by atoms with E-state index in [1.165, 1.54) is 4.88 Å². The third-order valence-corrected chi connectivity index (χ3v) is 5.70. The second kappa shape index (κ2) is 7.95. The second-order valence-corrected chi connectivity index (χ2v) is 7.57. The van der Waals surface area contributed by atoms with E-state index in [9.17, 15) is 9.59 Å². The van der Waals surface area contributed by atoms with Crippen LogP contribution in [0.5, 0.6) is 0 Å². The molecule has 1 amide bonds. The van der Waals surface area contributed by atoms with E-state index in [4.69, 9.17) is 11.6 Å². The van der Waals surface area contributed by atoms with Crippen molar-refractivity contribution in [1.29, 1.82) is 0 Å². The molecule has 1 aliphatic rings. The Hall–Kier alpha value is -1.65. The standard InChI is InChI=1S/C19H20ClNO2S/c20-16-5-3-14(4-6-16)19(23)15-9-11-21(12-10-15)18(22)8-7-17-2-1-13-24-17/h1-6,13,15H,7-12H2. The molecule has 0 radical (unpaired) electrons. The van der Waals surface area contributed by atoms with Crippen LogP contribution in [0.1, 0.15) is 34.5 Å². The van der Waals surface area contributed by atoms with E-state index in [0.29, 0.717) is 30.1 Å². The van der Waals surface area contributed by atoms with Crippen molar-refractivity contribution in [2.24, 2.45) is 5.92 Å². The first-order valence-electron chi connectivity index (χ1n) is 8.23. The number of nitrogens with zero attached hydrogens (tertiary/aromatic N) is 1. The largest absolute Gasteiger partial charge is 0.343 e. The van der Waals surface area contributed by atoms with Gasteiger partial charge in [0, 0.05) is 40.9 Å². The number of amides is 1. The maximum Gasteiger partial charge on any atom is 0.222 e. The molecule has 0 aliphatic carbocycles. The van der Waals surface area contributed by atoms with Crippen LogP contribution in [-0.2, 0) is 11.2 Å². The Morgan fingerprint density at radius 3 is 2.46 bits per heavy atom. The summed E-state index contributed by atoms with van der Waals surface area (Å²) in [7, 11) is 0. The van der Waals surface area contributed by atoms with Gasteiger partial charge in [-0.2, -0.15) is 0 Å². The molecule has 1 fully saturated rings. The first-order chi connectivity index (χ1) is 11.6. The fourth-order valence-electron chi connectivity index (χ4n) is 3.08. The highest BCUT2D eigenvalue weighted by molar-refractivity contribution is 7.09. The van der Waals surface area contributed by atoms with Crippen LogP contribution in [0.4, 0.5) is 0 Å². The molecule has 2 aromatic rings. The molecule has 3 rings (SSSR count). The maximum atomic E-state index is 12.5. The van der Waals surface area contributed by atoms with Crippen LogP contribution < -0.4 is 0 Å². The number of carbonyl (C=O) groups is 2. The lowest BCUT2D eigenvalue weighted by atomic mass is 9.89. The minimum Gasteiger partial charge on any atom is -0.343 e. The first kappa shape index (κ1) is 17.2. The summed E-state index contributed by atoms with van der Waals surface area (Å²) in [6.45, 7) is 1.35. The number of hydrogen-bond donors (Lipinski definition) is 0. The van der Waals surface area contributed by atoms with E-state index in [1.54, 1.807) is 35.6 Å². The number of aryl methyl sites for hydroxylation is 1. The van der Waals surface area contributed by atoms with Crippen LogP contribution >= 0.6 is 22.9 Å². The van der Waals surface area contributed by atoms with Crippen molar-refractivity contribution in [2.45, 2.75) is 25.7 Å². The van der Waals surface area contributed by atoms with E-state index < -0.39 is 0 Å². The van der Waals surface area contributed by atoms with Gasteiger partial charge in [-0.05, 0) is 55.0 Å².